The molecular formula is C15H15ClN4O2. The maximum absolute atomic E-state index is 12.2. The number of nitrogens with one attached hydrogen (secondary N) is 2. The number of anilines is 1. The molecule has 0 atom stereocenters. The van der Waals surface area contributed by atoms with Crippen LogP contribution in [0.1, 0.15) is 20.8 Å². The number of hydrogen-bond acceptors (Lipinski definition) is 3. The van der Waals surface area contributed by atoms with Crippen LogP contribution in [0.2, 0.25) is 5.02 Å². The summed E-state index contributed by atoms with van der Waals surface area (Å²) in [6.45, 7) is 3.86. The number of amides is 2. The van der Waals surface area contributed by atoms with Gasteiger partial charge in [0.2, 0.25) is 0 Å². The zero-order valence-corrected chi connectivity index (χ0v) is 12.7. The van der Waals surface area contributed by atoms with Gasteiger partial charge in [-0.15, -0.1) is 6.58 Å². The van der Waals surface area contributed by atoms with Gasteiger partial charge in [0, 0.05) is 19.7 Å². The smallest absolute Gasteiger partial charge is 0.272 e. The first-order valence-corrected chi connectivity index (χ1v) is 6.89. The standard InChI is InChI=1S/C15H15ClN4O2/c1-3-8-17-15(22)12-9-13(20(2)19-12)18-14(21)10-6-4-5-7-11(10)16/h3-7,9H,1,8H2,2H3,(H,17,22)(H,18,21). The molecule has 0 aliphatic carbocycles. The van der Waals surface area contributed by atoms with Crippen molar-refractivity contribution in [3.63, 3.8) is 0 Å². The largest absolute Gasteiger partial charge is 0.347 e. The molecule has 22 heavy (non-hydrogen) atoms. The van der Waals surface area contributed by atoms with Crippen LogP contribution in [0.25, 0.3) is 0 Å². The van der Waals surface area contributed by atoms with Crippen LogP contribution >= 0.6 is 11.6 Å². The Labute approximate surface area is 132 Å². The average Bonchev–Trinajstić information content (AvgIpc) is 2.86. The summed E-state index contributed by atoms with van der Waals surface area (Å²) in [6, 6.07) is 8.20. The van der Waals surface area contributed by atoms with Crippen molar-refractivity contribution in [1.29, 1.82) is 0 Å². The summed E-state index contributed by atoms with van der Waals surface area (Å²) in [5.41, 5.74) is 0.557. The molecule has 0 saturated carbocycles. The van der Waals surface area contributed by atoms with Crippen LogP contribution in [-0.4, -0.2) is 28.1 Å². The highest BCUT2D eigenvalue weighted by Gasteiger charge is 2.15. The lowest BCUT2D eigenvalue weighted by atomic mass is 10.2. The van der Waals surface area contributed by atoms with E-state index in [0.717, 1.165) is 0 Å². The molecule has 2 N–H and O–H groups in total. The van der Waals surface area contributed by atoms with E-state index in [1.165, 1.54) is 10.7 Å². The second kappa shape index (κ2) is 6.91. The zero-order chi connectivity index (χ0) is 16.1. The van der Waals surface area contributed by atoms with Crippen LogP contribution in [0, 0.1) is 0 Å². The van der Waals surface area contributed by atoms with Gasteiger partial charge in [-0.1, -0.05) is 29.8 Å². The number of halogens is 1. The fourth-order valence-corrected chi connectivity index (χ4v) is 2.00. The Balaban J connectivity index is 2.15. The number of aromatic nitrogens is 2. The van der Waals surface area contributed by atoms with Crippen molar-refractivity contribution in [3.05, 3.63) is 59.3 Å². The normalized spacial score (nSPS) is 10.1. The molecule has 2 amide bonds. The molecule has 0 bridgehead atoms. The zero-order valence-electron chi connectivity index (χ0n) is 12.0. The maximum Gasteiger partial charge on any atom is 0.272 e. The molecule has 0 spiro atoms. The van der Waals surface area contributed by atoms with Crippen molar-refractivity contribution >= 4 is 29.2 Å². The molecule has 0 unspecified atom stereocenters. The molecule has 0 aliphatic rings. The minimum atomic E-state index is -0.369. The summed E-state index contributed by atoms with van der Waals surface area (Å²) in [5.74, 6) is -0.311. The number of hydrogen-bond donors (Lipinski definition) is 2. The molecular weight excluding hydrogens is 304 g/mol. The Bertz CT molecular complexity index is 724. The SMILES string of the molecule is C=CCNC(=O)c1cc(NC(=O)c2ccccc2Cl)n(C)n1. The quantitative estimate of drug-likeness (QED) is 0.830. The number of carbonyl (C=O) groups is 2. The molecule has 0 fully saturated rings. The van der Waals surface area contributed by atoms with E-state index in [1.54, 1.807) is 37.4 Å². The summed E-state index contributed by atoms with van der Waals surface area (Å²) in [7, 11) is 1.63. The molecule has 6 nitrogen and oxygen atoms in total. The maximum atomic E-state index is 12.2. The van der Waals surface area contributed by atoms with Crippen molar-refractivity contribution in [2.24, 2.45) is 7.05 Å². The van der Waals surface area contributed by atoms with E-state index in [9.17, 15) is 9.59 Å². The molecule has 1 heterocycles. The Morgan fingerprint density at radius 3 is 2.77 bits per heavy atom. The summed E-state index contributed by atoms with van der Waals surface area (Å²) in [6.07, 6.45) is 1.57. The van der Waals surface area contributed by atoms with Gasteiger partial charge in [0.05, 0.1) is 10.6 Å². The molecule has 0 radical (unpaired) electrons. The third-order valence-electron chi connectivity index (χ3n) is 2.88. The predicted octanol–water partition coefficient (Wildman–Crippen LogP) is 2.24. The van der Waals surface area contributed by atoms with Gasteiger partial charge in [-0.05, 0) is 12.1 Å². The van der Waals surface area contributed by atoms with Crippen LogP contribution < -0.4 is 10.6 Å². The number of rotatable bonds is 5. The van der Waals surface area contributed by atoms with E-state index in [2.05, 4.69) is 22.3 Å². The van der Waals surface area contributed by atoms with E-state index in [1.807, 2.05) is 0 Å². The van der Waals surface area contributed by atoms with Gasteiger partial charge < -0.3 is 10.6 Å². The molecule has 0 aliphatic heterocycles. The van der Waals surface area contributed by atoms with Crippen molar-refractivity contribution in [3.8, 4) is 0 Å². The highest BCUT2D eigenvalue weighted by molar-refractivity contribution is 6.34. The summed E-state index contributed by atoms with van der Waals surface area (Å²) < 4.78 is 1.41. The molecule has 2 aromatic rings. The Morgan fingerprint density at radius 2 is 2.09 bits per heavy atom. The summed E-state index contributed by atoms with van der Waals surface area (Å²) in [5, 5.41) is 9.70. The molecule has 114 valence electrons. The number of aryl methyl sites for hydroxylation is 1. The Hall–Kier alpha value is -2.60. The van der Waals surface area contributed by atoms with Crippen LogP contribution in [0.3, 0.4) is 0 Å². The summed E-state index contributed by atoms with van der Waals surface area (Å²) in [4.78, 5) is 24.0. The molecule has 2 rings (SSSR count). The van der Waals surface area contributed by atoms with Crippen LogP contribution in [0.4, 0.5) is 5.82 Å². The van der Waals surface area contributed by atoms with Gasteiger partial charge in [0.15, 0.2) is 5.69 Å². The topological polar surface area (TPSA) is 76.0 Å². The minimum Gasteiger partial charge on any atom is -0.347 e. The number of carbonyl (C=O) groups excluding carboxylic acids is 2. The number of benzene rings is 1. The first-order valence-electron chi connectivity index (χ1n) is 6.52. The van der Waals surface area contributed by atoms with E-state index in [-0.39, 0.29) is 17.5 Å². The van der Waals surface area contributed by atoms with Crippen LogP contribution in [0.5, 0.6) is 0 Å². The molecule has 1 aromatic heterocycles. The third kappa shape index (κ3) is 3.53. The van der Waals surface area contributed by atoms with Crippen molar-refractivity contribution in [1.82, 2.24) is 15.1 Å². The van der Waals surface area contributed by atoms with E-state index in [0.29, 0.717) is 22.9 Å². The molecule has 0 saturated heterocycles. The van der Waals surface area contributed by atoms with Crippen molar-refractivity contribution < 1.29 is 9.59 Å². The first-order chi connectivity index (χ1) is 10.5. The fraction of sp³-hybridized carbons (Fsp3) is 0.133. The molecule has 1 aromatic carbocycles. The lowest BCUT2D eigenvalue weighted by Crippen LogP contribution is -2.23. The second-order valence-electron chi connectivity index (χ2n) is 4.47. The van der Waals surface area contributed by atoms with Crippen LogP contribution in [0.15, 0.2) is 43.0 Å². The lowest BCUT2D eigenvalue weighted by molar-refractivity contribution is 0.0951. The first kappa shape index (κ1) is 15.8. The van der Waals surface area contributed by atoms with E-state index < -0.39 is 0 Å². The monoisotopic (exact) mass is 318 g/mol. The molecule has 7 heteroatoms. The Morgan fingerprint density at radius 1 is 1.36 bits per heavy atom. The van der Waals surface area contributed by atoms with Gasteiger partial charge >= 0.3 is 0 Å². The number of nitrogens with zero attached hydrogens (tertiary/aromatic N) is 2. The highest BCUT2D eigenvalue weighted by Crippen LogP contribution is 2.17. The Kier molecular flexibility index (Phi) is 4.95. The lowest BCUT2D eigenvalue weighted by Gasteiger charge is -2.06. The van der Waals surface area contributed by atoms with E-state index in [4.69, 9.17) is 11.6 Å². The van der Waals surface area contributed by atoms with Crippen molar-refractivity contribution in [2.45, 2.75) is 0 Å². The fourth-order valence-electron chi connectivity index (χ4n) is 1.78. The van der Waals surface area contributed by atoms with Gasteiger partial charge in [-0.2, -0.15) is 5.10 Å². The average molecular weight is 319 g/mol. The summed E-state index contributed by atoms with van der Waals surface area (Å²) >= 11 is 5.98. The third-order valence-corrected chi connectivity index (χ3v) is 3.21. The van der Waals surface area contributed by atoms with Crippen molar-refractivity contribution in [2.75, 3.05) is 11.9 Å². The highest BCUT2D eigenvalue weighted by atomic mass is 35.5. The van der Waals surface area contributed by atoms with Gasteiger partial charge in [0.25, 0.3) is 11.8 Å². The van der Waals surface area contributed by atoms with Crippen LogP contribution in [-0.2, 0) is 7.05 Å². The predicted molar refractivity (Wildman–Crippen MR) is 85.1 cm³/mol. The van der Waals surface area contributed by atoms with Gasteiger partial charge in [-0.25, -0.2) is 0 Å². The van der Waals surface area contributed by atoms with Gasteiger partial charge in [0.1, 0.15) is 5.82 Å². The van der Waals surface area contributed by atoms with Gasteiger partial charge in [-0.3, -0.25) is 14.3 Å². The second-order valence-corrected chi connectivity index (χ2v) is 4.88. The van der Waals surface area contributed by atoms with E-state index >= 15 is 0 Å². The minimum absolute atomic E-state index is 0.207.